The van der Waals surface area contributed by atoms with Crippen LogP contribution in [0.1, 0.15) is 12.8 Å². The molecule has 15 heavy (non-hydrogen) atoms. The second kappa shape index (κ2) is 5.10. The molecule has 0 aliphatic carbocycles. The van der Waals surface area contributed by atoms with E-state index in [0.29, 0.717) is 17.2 Å². The Morgan fingerprint density at radius 2 is 2.33 bits per heavy atom. The highest BCUT2D eigenvalue weighted by atomic mass is 32.2. The first-order chi connectivity index (χ1) is 7.06. The number of nitrogens with two attached hydrogens (primary N) is 2. The van der Waals surface area contributed by atoms with Gasteiger partial charge < -0.3 is 5.43 Å². The van der Waals surface area contributed by atoms with Crippen molar-refractivity contribution in [2.75, 3.05) is 5.75 Å². The van der Waals surface area contributed by atoms with Gasteiger partial charge in [-0.2, -0.15) is 0 Å². The number of thioether (sulfide) groups is 1. The van der Waals surface area contributed by atoms with E-state index in [1.807, 2.05) is 0 Å². The first-order valence-electron chi connectivity index (χ1n) is 4.33. The van der Waals surface area contributed by atoms with Crippen LogP contribution in [-0.2, 0) is 9.59 Å². The number of rotatable bonds is 4. The molecule has 1 rings (SSSR count). The Bertz CT molecular complexity index is 295. The summed E-state index contributed by atoms with van der Waals surface area (Å²) in [5, 5.41) is 7.45. The second-order valence-corrected chi connectivity index (χ2v) is 4.35. The fraction of sp³-hybridized carbons (Fsp3) is 0.571. The molecule has 1 aliphatic heterocycles. The summed E-state index contributed by atoms with van der Waals surface area (Å²) in [5.74, 6) is 10.3. The third-order valence-electron chi connectivity index (χ3n) is 1.99. The van der Waals surface area contributed by atoms with E-state index in [4.69, 9.17) is 17.1 Å². The summed E-state index contributed by atoms with van der Waals surface area (Å²) in [6, 6.07) is 0. The lowest BCUT2D eigenvalue weighted by Crippen LogP contribution is -2.37. The second-order valence-electron chi connectivity index (χ2n) is 3.04. The molecule has 7 nitrogen and oxygen atoms in total. The molecule has 0 aromatic heterocycles. The number of hydrogen-bond donors (Lipinski definition) is 4. The number of nitrogens with zero attached hydrogens (tertiary/aromatic N) is 1. The highest BCUT2D eigenvalue weighted by Crippen LogP contribution is 2.23. The zero-order chi connectivity index (χ0) is 11.4. The predicted octanol–water partition coefficient (Wildman–Crippen LogP) is -1.45. The van der Waals surface area contributed by atoms with Gasteiger partial charge in [0.2, 0.25) is 5.91 Å². The van der Waals surface area contributed by atoms with Crippen LogP contribution in [0.25, 0.3) is 0 Å². The van der Waals surface area contributed by atoms with Gasteiger partial charge in [-0.15, -0.1) is 11.8 Å². The minimum atomic E-state index is -0.409. The van der Waals surface area contributed by atoms with E-state index in [0.717, 1.165) is 0 Å². The van der Waals surface area contributed by atoms with Crippen molar-refractivity contribution in [3.63, 3.8) is 0 Å². The molecule has 8 heteroatoms. The van der Waals surface area contributed by atoms with Crippen LogP contribution in [0.5, 0.6) is 0 Å². The molecule has 0 aromatic rings. The van der Waals surface area contributed by atoms with Gasteiger partial charge in [-0.05, 0) is 0 Å². The number of carbonyl (C=O) groups is 2. The third-order valence-corrected chi connectivity index (χ3v) is 3.20. The molecule has 6 N–H and O–H groups in total. The Morgan fingerprint density at radius 1 is 1.67 bits per heavy atom. The van der Waals surface area contributed by atoms with E-state index in [1.165, 1.54) is 11.8 Å². The molecule has 1 saturated heterocycles. The van der Waals surface area contributed by atoms with Crippen molar-refractivity contribution in [3.05, 3.63) is 0 Å². The number of hydrazine groups is 2. The first-order valence-corrected chi connectivity index (χ1v) is 5.38. The van der Waals surface area contributed by atoms with Gasteiger partial charge in [0.25, 0.3) is 5.91 Å². The molecule has 0 spiro atoms. The Hall–Kier alpha value is -1.12. The molecule has 0 bridgehead atoms. The van der Waals surface area contributed by atoms with E-state index in [2.05, 4.69) is 5.43 Å². The fourth-order valence-corrected chi connectivity index (χ4v) is 2.25. The van der Waals surface area contributed by atoms with Crippen LogP contribution in [0.2, 0.25) is 0 Å². The number of amidine groups is 1. The van der Waals surface area contributed by atoms with Crippen LogP contribution in [-0.4, -0.2) is 33.7 Å². The normalized spacial score (nSPS) is 20.9. The van der Waals surface area contributed by atoms with Crippen molar-refractivity contribution in [1.82, 2.24) is 10.4 Å². The largest absolute Gasteiger partial charge is 0.312 e. The van der Waals surface area contributed by atoms with E-state index in [-0.39, 0.29) is 24.1 Å². The van der Waals surface area contributed by atoms with Gasteiger partial charge in [0.1, 0.15) is 5.84 Å². The van der Waals surface area contributed by atoms with Gasteiger partial charge in [0.15, 0.2) is 0 Å². The van der Waals surface area contributed by atoms with Crippen LogP contribution in [0.15, 0.2) is 0 Å². The van der Waals surface area contributed by atoms with Crippen molar-refractivity contribution in [2.24, 2.45) is 11.7 Å². The molecule has 2 amide bonds. The van der Waals surface area contributed by atoms with Gasteiger partial charge >= 0.3 is 0 Å². The van der Waals surface area contributed by atoms with Gasteiger partial charge in [-0.25, -0.2) is 16.7 Å². The highest BCUT2D eigenvalue weighted by molar-refractivity contribution is 8.00. The quantitative estimate of drug-likeness (QED) is 0.117. The molecule has 1 atom stereocenters. The topological polar surface area (TPSA) is 125 Å². The highest BCUT2D eigenvalue weighted by Gasteiger charge is 2.36. The molecule has 1 heterocycles. The van der Waals surface area contributed by atoms with Gasteiger partial charge in [0.05, 0.1) is 5.25 Å². The Balaban J connectivity index is 2.32. The average molecular weight is 231 g/mol. The minimum Gasteiger partial charge on any atom is -0.312 e. The Labute approximate surface area is 91.0 Å². The van der Waals surface area contributed by atoms with Crippen LogP contribution in [0.3, 0.4) is 0 Å². The number of carbonyl (C=O) groups excluding carboxylic acids is 2. The summed E-state index contributed by atoms with van der Waals surface area (Å²) in [4.78, 5) is 22.4. The summed E-state index contributed by atoms with van der Waals surface area (Å²) in [5.41, 5.74) is 2.20. The van der Waals surface area contributed by atoms with Crippen molar-refractivity contribution in [3.8, 4) is 0 Å². The van der Waals surface area contributed by atoms with Crippen molar-refractivity contribution in [2.45, 2.75) is 18.1 Å². The number of imide groups is 1. The first kappa shape index (κ1) is 12.0. The summed E-state index contributed by atoms with van der Waals surface area (Å²) in [6.45, 7) is 0. The maximum absolute atomic E-state index is 11.3. The lowest BCUT2D eigenvalue weighted by Gasteiger charge is -2.08. The van der Waals surface area contributed by atoms with Gasteiger partial charge in [-0.1, -0.05) is 0 Å². The fourth-order valence-electron chi connectivity index (χ4n) is 1.13. The average Bonchev–Trinajstić information content (AvgIpc) is 2.46. The van der Waals surface area contributed by atoms with Crippen LogP contribution >= 0.6 is 11.8 Å². The van der Waals surface area contributed by atoms with Crippen molar-refractivity contribution in [1.29, 1.82) is 5.41 Å². The number of hydrogen-bond acceptors (Lipinski definition) is 6. The molecule has 1 aliphatic rings. The predicted molar refractivity (Wildman–Crippen MR) is 56.6 cm³/mol. The van der Waals surface area contributed by atoms with Crippen molar-refractivity contribution >= 4 is 29.4 Å². The van der Waals surface area contributed by atoms with Gasteiger partial charge in [0, 0.05) is 18.6 Å². The van der Waals surface area contributed by atoms with Gasteiger partial charge in [-0.3, -0.25) is 15.0 Å². The lowest BCUT2D eigenvalue weighted by molar-refractivity contribution is -0.138. The van der Waals surface area contributed by atoms with Crippen LogP contribution in [0.4, 0.5) is 0 Å². The third kappa shape index (κ3) is 2.91. The smallest absolute Gasteiger partial charge is 0.257 e. The molecule has 1 fully saturated rings. The summed E-state index contributed by atoms with van der Waals surface area (Å²) in [6.07, 6.45) is 0.576. The number of nitrogens with one attached hydrogen (secondary N) is 2. The molecule has 84 valence electrons. The molecular formula is C7H13N5O2S. The Morgan fingerprint density at radius 3 is 2.80 bits per heavy atom. The SMILES string of the molecule is N=C(CCSC1CC(=O)N(N)C1=O)NN. The molecular weight excluding hydrogens is 218 g/mol. The molecule has 1 unspecified atom stereocenters. The lowest BCUT2D eigenvalue weighted by atomic mass is 10.4. The molecule has 0 radical (unpaired) electrons. The molecule has 0 saturated carbocycles. The van der Waals surface area contributed by atoms with Crippen LogP contribution < -0.4 is 17.1 Å². The zero-order valence-electron chi connectivity index (χ0n) is 8.03. The Kier molecular flexibility index (Phi) is 4.06. The van der Waals surface area contributed by atoms with Crippen LogP contribution in [0, 0.1) is 5.41 Å². The summed E-state index contributed by atoms with van der Waals surface area (Å²) >= 11 is 1.31. The zero-order valence-corrected chi connectivity index (χ0v) is 8.84. The summed E-state index contributed by atoms with van der Waals surface area (Å²) in [7, 11) is 0. The van der Waals surface area contributed by atoms with E-state index in [9.17, 15) is 9.59 Å². The standard InChI is InChI=1S/C7H13N5O2S/c8-5(11-9)1-2-15-4-3-6(13)12(10)7(4)14/h4H,1-3,9-10H2,(H2,8,11). The molecule has 0 aromatic carbocycles. The number of amides is 2. The van der Waals surface area contributed by atoms with E-state index < -0.39 is 5.25 Å². The van der Waals surface area contributed by atoms with E-state index >= 15 is 0 Å². The summed E-state index contributed by atoms with van der Waals surface area (Å²) < 4.78 is 0. The monoisotopic (exact) mass is 231 g/mol. The van der Waals surface area contributed by atoms with Crippen molar-refractivity contribution < 1.29 is 9.59 Å². The maximum atomic E-state index is 11.3. The maximum Gasteiger partial charge on any atom is 0.257 e. The minimum absolute atomic E-state index is 0.142. The van der Waals surface area contributed by atoms with E-state index in [1.54, 1.807) is 0 Å².